The van der Waals surface area contributed by atoms with Crippen LogP contribution in [0, 0.1) is 0 Å². The van der Waals surface area contributed by atoms with Gasteiger partial charge in [0.2, 0.25) is 0 Å². The molecule has 0 aliphatic carbocycles. The van der Waals surface area contributed by atoms with E-state index in [1.807, 2.05) is 48.5 Å². The number of hydrogen-bond donors (Lipinski definition) is 0. The van der Waals surface area contributed by atoms with Gasteiger partial charge < -0.3 is 18.9 Å². The van der Waals surface area contributed by atoms with Gasteiger partial charge in [-0.1, -0.05) is 82.7 Å². The first-order valence-corrected chi connectivity index (χ1v) is 18.8. The lowest BCUT2D eigenvalue weighted by Gasteiger charge is -2.08. The molecule has 0 heterocycles. The Morgan fingerprint density at radius 2 is 0.889 bits per heavy atom. The zero-order chi connectivity index (χ0) is 37.8. The van der Waals surface area contributed by atoms with Gasteiger partial charge in [-0.15, -0.1) is 0 Å². The zero-order valence-electron chi connectivity index (χ0n) is 31.1. The quantitative estimate of drug-likeness (QED) is 0.0343. The van der Waals surface area contributed by atoms with E-state index < -0.39 is 11.9 Å². The summed E-state index contributed by atoms with van der Waals surface area (Å²) in [6.45, 7) is 5.83. The molecule has 0 radical (unpaired) electrons. The van der Waals surface area contributed by atoms with Gasteiger partial charge in [-0.05, 0) is 109 Å². The number of hydrogen-bond acceptors (Lipinski definition) is 8. The van der Waals surface area contributed by atoms with E-state index in [0.717, 1.165) is 60.1 Å². The second kappa shape index (κ2) is 21.5. The monoisotopic (exact) mass is 724 g/mol. The Kier molecular flexibility index (Phi) is 15.6. The number of unbranched alkanes of at least 4 members (excludes halogenated alkanes) is 6. The van der Waals surface area contributed by atoms with E-state index in [4.69, 9.17) is 18.9 Å². The lowest BCUT2D eigenvalue weighted by Crippen LogP contribution is -2.10. The van der Waals surface area contributed by atoms with Crippen molar-refractivity contribution in [2.24, 2.45) is 9.98 Å². The average molecular weight is 725 g/mol. The molecule has 0 aliphatic heterocycles. The van der Waals surface area contributed by atoms with Crippen molar-refractivity contribution in [3.63, 3.8) is 0 Å². The zero-order valence-corrected chi connectivity index (χ0v) is 31.1. The van der Waals surface area contributed by atoms with Crippen molar-refractivity contribution in [1.82, 2.24) is 0 Å². The van der Waals surface area contributed by atoms with E-state index in [1.54, 1.807) is 79.2 Å². The first-order valence-electron chi connectivity index (χ1n) is 18.8. The first-order chi connectivity index (χ1) is 26.5. The summed E-state index contributed by atoms with van der Waals surface area (Å²) < 4.78 is 22.8. The molecule has 5 aromatic carbocycles. The van der Waals surface area contributed by atoms with Crippen molar-refractivity contribution < 1.29 is 28.5 Å². The smallest absolute Gasteiger partial charge is 0.343 e. The van der Waals surface area contributed by atoms with Gasteiger partial charge in [0.1, 0.15) is 23.0 Å². The molecule has 0 fully saturated rings. The molecule has 0 N–H and O–H groups in total. The molecule has 0 unspecified atom stereocenters. The fraction of sp³-hybridized carbons (Fsp3) is 0.261. The van der Waals surface area contributed by atoms with Crippen LogP contribution in [-0.4, -0.2) is 37.6 Å². The summed E-state index contributed by atoms with van der Waals surface area (Å²) in [5.41, 5.74) is 4.02. The summed E-state index contributed by atoms with van der Waals surface area (Å²) in [7, 11) is 0. The number of carbonyl (C=O) groups is 2. The molecule has 278 valence electrons. The molecule has 0 aliphatic rings. The average Bonchev–Trinajstić information content (AvgIpc) is 3.20. The molecule has 0 saturated carbocycles. The van der Waals surface area contributed by atoms with Gasteiger partial charge >= 0.3 is 11.9 Å². The Balaban J connectivity index is 1.07. The lowest BCUT2D eigenvalue weighted by atomic mass is 10.1. The van der Waals surface area contributed by atoms with Gasteiger partial charge in [0.05, 0.1) is 35.7 Å². The summed E-state index contributed by atoms with van der Waals surface area (Å²) in [6, 6.07) is 35.7. The van der Waals surface area contributed by atoms with Gasteiger partial charge in [0.15, 0.2) is 0 Å². The predicted octanol–water partition coefficient (Wildman–Crippen LogP) is 11.5. The van der Waals surface area contributed by atoms with E-state index in [-0.39, 0.29) is 11.5 Å². The highest BCUT2D eigenvalue weighted by Crippen LogP contribution is 2.23. The molecule has 0 aromatic heterocycles. The van der Waals surface area contributed by atoms with Crippen LogP contribution in [0.4, 0.5) is 11.4 Å². The van der Waals surface area contributed by atoms with E-state index in [1.165, 1.54) is 44.6 Å². The highest BCUT2D eigenvalue weighted by molar-refractivity contribution is 5.93. The highest BCUT2D eigenvalue weighted by Gasteiger charge is 2.12. The molecule has 0 saturated heterocycles. The number of ether oxygens (including phenoxy) is 4. The number of aliphatic imine (C=N–C) groups is 2. The molecule has 5 aromatic rings. The lowest BCUT2D eigenvalue weighted by molar-refractivity contribution is 0.0733. The Bertz CT molecular complexity index is 1810. The number of nitrogens with zero attached hydrogens (tertiary/aromatic N) is 2. The van der Waals surface area contributed by atoms with Crippen molar-refractivity contribution >= 4 is 35.7 Å². The Labute approximate surface area is 318 Å². The van der Waals surface area contributed by atoms with Crippen LogP contribution in [0.2, 0.25) is 0 Å². The number of esters is 2. The van der Waals surface area contributed by atoms with Gasteiger partial charge in [-0.2, -0.15) is 0 Å². The SMILES string of the molecule is CCCCCCOc1ccc(N=Cc2ccc(C(=O)Oc3cccc(OC(=O)c4ccc(C=Nc5ccc(OCCCCCC)cc5)cc4)c3)cc2)cc1. The van der Waals surface area contributed by atoms with Crippen LogP contribution in [0.3, 0.4) is 0 Å². The van der Waals surface area contributed by atoms with Crippen LogP contribution < -0.4 is 18.9 Å². The van der Waals surface area contributed by atoms with E-state index in [0.29, 0.717) is 11.1 Å². The van der Waals surface area contributed by atoms with E-state index in [9.17, 15) is 9.59 Å². The normalized spacial score (nSPS) is 11.1. The standard InChI is InChI=1S/C46H48N2O6/c1-3-5-7-9-30-51-41-26-22-39(23-27-41)47-33-35-14-18-37(19-15-35)45(49)53-43-12-11-13-44(32-43)54-46(50)38-20-16-36(17-21-38)34-48-40-24-28-42(29-25-40)52-31-10-8-6-4-2/h11-29,32-34H,3-10,30-31H2,1-2H3. The molecule has 0 atom stereocenters. The van der Waals surface area contributed by atoms with E-state index >= 15 is 0 Å². The van der Waals surface area contributed by atoms with Crippen molar-refractivity contribution in [2.45, 2.75) is 65.2 Å². The highest BCUT2D eigenvalue weighted by atomic mass is 16.5. The number of carbonyl (C=O) groups excluding carboxylic acids is 2. The maximum absolute atomic E-state index is 12.9. The van der Waals surface area contributed by atoms with Gasteiger partial charge in [0.25, 0.3) is 0 Å². The Morgan fingerprint density at radius 1 is 0.481 bits per heavy atom. The molecule has 5 rings (SSSR count). The van der Waals surface area contributed by atoms with Crippen LogP contribution in [-0.2, 0) is 0 Å². The first kappa shape index (κ1) is 39.2. The van der Waals surface area contributed by atoms with Crippen molar-refractivity contribution in [3.8, 4) is 23.0 Å². The second-order valence-corrected chi connectivity index (χ2v) is 12.8. The molecule has 8 heteroatoms. The number of benzene rings is 5. The predicted molar refractivity (Wildman–Crippen MR) is 216 cm³/mol. The van der Waals surface area contributed by atoms with Crippen LogP contribution in [0.5, 0.6) is 23.0 Å². The fourth-order valence-corrected chi connectivity index (χ4v) is 5.34. The molecule has 0 amide bonds. The summed E-state index contributed by atoms with van der Waals surface area (Å²) in [4.78, 5) is 34.8. The topological polar surface area (TPSA) is 95.8 Å². The third kappa shape index (κ3) is 13.2. The molecular formula is C46H48N2O6. The minimum absolute atomic E-state index is 0.252. The molecule has 0 spiro atoms. The van der Waals surface area contributed by atoms with Crippen molar-refractivity contribution in [1.29, 1.82) is 0 Å². The van der Waals surface area contributed by atoms with Gasteiger partial charge in [-0.25, -0.2) is 9.59 Å². The third-order valence-corrected chi connectivity index (χ3v) is 8.45. The van der Waals surface area contributed by atoms with E-state index in [2.05, 4.69) is 23.8 Å². The van der Waals surface area contributed by atoms with Crippen LogP contribution in [0.25, 0.3) is 0 Å². The van der Waals surface area contributed by atoms with Crippen LogP contribution >= 0.6 is 0 Å². The molecule has 0 bridgehead atoms. The summed E-state index contributed by atoms with van der Waals surface area (Å²) in [5.74, 6) is 1.10. The molecule has 8 nitrogen and oxygen atoms in total. The van der Waals surface area contributed by atoms with Crippen LogP contribution in [0.15, 0.2) is 131 Å². The van der Waals surface area contributed by atoms with Gasteiger partial charge in [0, 0.05) is 18.5 Å². The minimum Gasteiger partial charge on any atom is -0.494 e. The minimum atomic E-state index is -0.536. The Morgan fingerprint density at radius 3 is 1.28 bits per heavy atom. The third-order valence-electron chi connectivity index (χ3n) is 8.45. The van der Waals surface area contributed by atoms with Gasteiger partial charge in [-0.3, -0.25) is 9.98 Å². The molecule has 54 heavy (non-hydrogen) atoms. The summed E-state index contributed by atoms with van der Waals surface area (Å²) in [6.07, 6.45) is 12.8. The molecular weight excluding hydrogens is 677 g/mol. The number of rotatable bonds is 20. The second-order valence-electron chi connectivity index (χ2n) is 12.8. The Hall–Kier alpha value is -6.02. The summed E-state index contributed by atoms with van der Waals surface area (Å²) >= 11 is 0. The fourth-order valence-electron chi connectivity index (χ4n) is 5.34. The maximum atomic E-state index is 12.9. The largest absolute Gasteiger partial charge is 0.494 e. The maximum Gasteiger partial charge on any atom is 0.343 e. The van der Waals surface area contributed by atoms with Crippen molar-refractivity contribution in [3.05, 3.63) is 144 Å². The van der Waals surface area contributed by atoms with Crippen LogP contribution in [0.1, 0.15) is 97.1 Å². The van der Waals surface area contributed by atoms with Crippen molar-refractivity contribution in [2.75, 3.05) is 13.2 Å². The summed E-state index contributed by atoms with van der Waals surface area (Å²) in [5, 5.41) is 0.